The van der Waals surface area contributed by atoms with Crippen molar-refractivity contribution in [2.24, 2.45) is 0 Å². The molecule has 1 aromatic carbocycles. The Balaban J connectivity index is 2.41. The SMILES string of the molecule is N=C1CCCN1c1ccc(Cl)c(C(F)(F)F)c1. The highest BCUT2D eigenvalue weighted by atomic mass is 35.5. The molecule has 1 saturated heterocycles. The standard InChI is InChI=1S/C11H10ClF3N2/c12-9-4-3-7(6-8(9)11(13,14)15)17-5-1-2-10(17)16/h3-4,6,16H,1-2,5H2. The van der Waals surface area contributed by atoms with Gasteiger partial charge in [-0.2, -0.15) is 13.2 Å². The molecule has 0 saturated carbocycles. The summed E-state index contributed by atoms with van der Waals surface area (Å²) in [6.45, 7) is 0.581. The maximum atomic E-state index is 12.7. The summed E-state index contributed by atoms with van der Waals surface area (Å²) in [7, 11) is 0. The topological polar surface area (TPSA) is 27.1 Å². The fourth-order valence-electron chi connectivity index (χ4n) is 1.86. The number of nitrogens with zero attached hydrogens (tertiary/aromatic N) is 1. The zero-order chi connectivity index (χ0) is 12.6. The molecule has 2 rings (SSSR count). The van der Waals surface area contributed by atoms with Crippen molar-refractivity contribution >= 4 is 23.1 Å². The van der Waals surface area contributed by atoms with Crippen molar-refractivity contribution in [3.8, 4) is 0 Å². The van der Waals surface area contributed by atoms with E-state index in [1.807, 2.05) is 0 Å². The summed E-state index contributed by atoms with van der Waals surface area (Å²) < 4.78 is 38.0. The Bertz CT molecular complexity index is 457. The first kappa shape index (κ1) is 12.2. The highest BCUT2D eigenvalue weighted by molar-refractivity contribution is 6.31. The predicted molar refractivity (Wildman–Crippen MR) is 60.8 cm³/mol. The van der Waals surface area contributed by atoms with Crippen molar-refractivity contribution in [2.75, 3.05) is 11.4 Å². The summed E-state index contributed by atoms with van der Waals surface area (Å²) in [5.74, 6) is 0.348. The van der Waals surface area contributed by atoms with Crippen LogP contribution in [0.2, 0.25) is 5.02 Å². The third-order valence-corrected chi connectivity index (χ3v) is 3.02. The summed E-state index contributed by atoms with van der Waals surface area (Å²) in [5, 5.41) is 7.32. The fourth-order valence-corrected chi connectivity index (χ4v) is 2.08. The van der Waals surface area contributed by atoms with E-state index in [9.17, 15) is 13.2 Å². The smallest absolute Gasteiger partial charge is 0.330 e. The van der Waals surface area contributed by atoms with Gasteiger partial charge < -0.3 is 4.90 Å². The minimum Gasteiger partial charge on any atom is -0.330 e. The minimum absolute atomic E-state index is 0.313. The monoisotopic (exact) mass is 262 g/mol. The predicted octanol–water partition coefficient (Wildman–Crippen LogP) is 3.94. The second-order valence-corrected chi connectivity index (χ2v) is 4.27. The van der Waals surface area contributed by atoms with Crippen molar-refractivity contribution in [3.05, 3.63) is 28.8 Å². The molecule has 0 aliphatic carbocycles. The van der Waals surface area contributed by atoms with Crippen molar-refractivity contribution in [3.63, 3.8) is 0 Å². The molecule has 1 aliphatic rings. The van der Waals surface area contributed by atoms with Crippen LogP contribution in [0.5, 0.6) is 0 Å². The van der Waals surface area contributed by atoms with E-state index in [0.717, 1.165) is 12.5 Å². The number of anilines is 1. The number of amidine groups is 1. The Labute approximate surface area is 101 Å². The second-order valence-electron chi connectivity index (χ2n) is 3.86. The van der Waals surface area contributed by atoms with Gasteiger partial charge in [0.05, 0.1) is 10.6 Å². The van der Waals surface area contributed by atoms with Gasteiger partial charge in [0, 0.05) is 18.7 Å². The summed E-state index contributed by atoms with van der Waals surface area (Å²) in [5.41, 5.74) is -0.472. The Kier molecular flexibility index (Phi) is 3.03. The van der Waals surface area contributed by atoms with Gasteiger partial charge >= 0.3 is 6.18 Å². The van der Waals surface area contributed by atoms with Crippen LogP contribution >= 0.6 is 11.6 Å². The Morgan fingerprint density at radius 1 is 1.29 bits per heavy atom. The molecule has 6 heteroatoms. The Morgan fingerprint density at radius 3 is 2.53 bits per heavy atom. The number of hydrogen-bond donors (Lipinski definition) is 1. The van der Waals surface area contributed by atoms with Gasteiger partial charge in [0.25, 0.3) is 0 Å². The first-order valence-electron chi connectivity index (χ1n) is 5.11. The van der Waals surface area contributed by atoms with Gasteiger partial charge in [0.1, 0.15) is 5.84 Å². The van der Waals surface area contributed by atoms with E-state index in [1.54, 1.807) is 4.90 Å². The molecule has 1 aliphatic heterocycles. The maximum absolute atomic E-state index is 12.7. The van der Waals surface area contributed by atoms with Crippen LogP contribution in [-0.2, 0) is 6.18 Å². The van der Waals surface area contributed by atoms with Crippen molar-refractivity contribution < 1.29 is 13.2 Å². The molecule has 1 N–H and O–H groups in total. The van der Waals surface area contributed by atoms with Crippen molar-refractivity contribution in [1.82, 2.24) is 0 Å². The number of alkyl halides is 3. The van der Waals surface area contributed by atoms with E-state index >= 15 is 0 Å². The van der Waals surface area contributed by atoms with Gasteiger partial charge in [-0.25, -0.2) is 0 Å². The Morgan fingerprint density at radius 2 is 2.00 bits per heavy atom. The third-order valence-electron chi connectivity index (χ3n) is 2.69. The first-order valence-corrected chi connectivity index (χ1v) is 5.49. The maximum Gasteiger partial charge on any atom is 0.417 e. The highest BCUT2D eigenvalue weighted by Crippen LogP contribution is 2.37. The van der Waals surface area contributed by atoms with Gasteiger partial charge in [0.15, 0.2) is 0 Å². The molecule has 92 valence electrons. The average Bonchev–Trinajstić information content (AvgIpc) is 2.63. The number of nitrogens with one attached hydrogen (secondary N) is 1. The lowest BCUT2D eigenvalue weighted by atomic mass is 10.2. The van der Waals surface area contributed by atoms with Crippen LogP contribution in [0.25, 0.3) is 0 Å². The quantitative estimate of drug-likeness (QED) is 0.815. The lowest BCUT2D eigenvalue weighted by molar-refractivity contribution is -0.137. The Hall–Kier alpha value is -1.23. The number of benzene rings is 1. The van der Waals surface area contributed by atoms with E-state index in [-0.39, 0.29) is 5.02 Å². The first-order chi connectivity index (χ1) is 7.89. The molecule has 1 heterocycles. The molecule has 0 unspecified atom stereocenters. The van der Waals surface area contributed by atoms with E-state index < -0.39 is 11.7 Å². The molecule has 2 nitrogen and oxygen atoms in total. The molecule has 0 spiro atoms. The van der Waals surface area contributed by atoms with Crippen LogP contribution < -0.4 is 4.90 Å². The van der Waals surface area contributed by atoms with Crippen molar-refractivity contribution in [2.45, 2.75) is 19.0 Å². The van der Waals surface area contributed by atoms with E-state index in [2.05, 4.69) is 0 Å². The molecule has 0 radical (unpaired) electrons. The summed E-state index contributed by atoms with van der Waals surface area (Å²) in [6.07, 6.45) is -3.07. The normalized spacial score (nSPS) is 16.7. The van der Waals surface area contributed by atoms with E-state index in [0.29, 0.717) is 24.5 Å². The summed E-state index contributed by atoms with van der Waals surface area (Å²) >= 11 is 5.53. The molecular weight excluding hydrogens is 253 g/mol. The zero-order valence-corrected chi connectivity index (χ0v) is 9.57. The van der Waals surface area contributed by atoms with Crippen molar-refractivity contribution in [1.29, 1.82) is 5.41 Å². The lowest BCUT2D eigenvalue weighted by Gasteiger charge is -2.20. The molecule has 1 aromatic rings. The van der Waals surface area contributed by atoms with Gasteiger partial charge in [0.2, 0.25) is 0 Å². The number of rotatable bonds is 1. The second kappa shape index (κ2) is 4.22. The van der Waals surface area contributed by atoms with Gasteiger partial charge in [-0.1, -0.05) is 11.6 Å². The molecule has 0 bridgehead atoms. The molecular formula is C11H10ClF3N2. The van der Waals surface area contributed by atoms with Gasteiger partial charge in [-0.3, -0.25) is 5.41 Å². The van der Waals surface area contributed by atoms with Crippen LogP contribution in [0.3, 0.4) is 0 Å². The van der Waals surface area contributed by atoms with E-state index in [4.69, 9.17) is 17.0 Å². The van der Waals surface area contributed by atoms with Gasteiger partial charge in [-0.05, 0) is 24.6 Å². The largest absolute Gasteiger partial charge is 0.417 e. The van der Waals surface area contributed by atoms with Crippen LogP contribution in [0.15, 0.2) is 18.2 Å². The summed E-state index contributed by atoms with van der Waals surface area (Å²) in [6, 6.07) is 3.74. The van der Waals surface area contributed by atoms with Crippen LogP contribution in [0, 0.1) is 5.41 Å². The number of hydrogen-bond acceptors (Lipinski definition) is 1. The van der Waals surface area contributed by atoms with Crippen LogP contribution in [0.1, 0.15) is 18.4 Å². The number of halogens is 4. The zero-order valence-electron chi connectivity index (χ0n) is 8.81. The average molecular weight is 263 g/mol. The minimum atomic E-state index is -4.46. The molecule has 0 atom stereocenters. The molecule has 0 amide bonds. The molecule has 17 heavy (non-hydrogen) atoms. The van der Waals surface area contributed by atoms with Gasteiger partial charge in [-0.15, -0.1) is 0 Å². The van der Waals surface area contributed by atoms with E-state index in [1.165, 1.54) is 12.1 Å². The highest BCUT2D eigenvalue weighted by Gasteiger charge is 2.34. The molecule has 1 fully saturated rings. The lowest BCUT2D eigenvalue weighted by Crippen LogP contribution is -2.23. The third kappa shape index (κ3) is 2.39. The summed E-state index contributed by atoms with van der Waals surface area (Å²) in [4.78, 5) is 1.57. The van der Waals surface area contributed by atoms with Crippen LogP contribution in [0.4, 0.5) is 18.9 Å². The molecule has 0 aromatic heterocycles. The fraction of sp³-hybridized carbons (Fsp3) is 0.364. The van der Waals surface area contributed by atoms with Crippen LogP contribution in [-0.4, -0.2) is 12.4 Å².